The normalized spacial score (nSPS) is 21.0. The van der Waals surface area contributed by atoms with Gasteiger partial charge in [-0.05, 0) is 31.7 Å². The molecule has 0 amide bonds. The van der Waals surface area contributed by atoms with Crippen molar-refractivity contribution in [1.82, 2.24) is 4.31 Å². The van der Waals surface area contributed by atoms with Crippen molar-refractivity contribution in [1.29, 1.82) is 0 Å². The molecule has 126 valence electrons. The summed E-state index contributed by atoms with van der Waals surface area (Å²) in [6.45, 7) is 2.83. The summed E-state index contributed by atoms with van der Waals surface area (Å²) in [6.07, 6.45) is 1.75. The zero-order valence-electron chi connectivity index (χ0n) is 12.5. The van der Waals surface area contributed by atoms with Gasteiger partial charge in [-0.3, -0.25) is 0 Å². The molecule has 1 fully saturated rings. The van der Waals surface area contributed by atoms with Crippen LogP contribution in [0.1, 0.15) is 29.4 Å². The molecule has 0 bridgehead atoms. The van der Waals surface area contributed by atoms with Gasteiger partial charge in [-0.15, -0.1) is 23.7 Å². The maximum atomic E-state index is 12.6. The second-order valence-corrected chi connectivity index (χ2v) is 8.11. The maximum absolute atomic E-state index is 12.6. The largest absolute Gasteiger partial charge is 0.465 e. The van der Waals surface area contributed by atoms with Gasteiger partial charge in [-0.2, -0.15) is 4.31 Å². The molecule has 6 nitrogen and oxygen atoms in total. The van der Waals surface area contributed by atoms with E-state index in [2.05, 4.69) is 4.74 Å². The second-order valence-electron chi connectivity index (χ2n) is 5.26. The van der Waals surface area contributed by atoms with Crippen molar-refractivity contribution in [3.8, 4) is 0 Å². The van der Waals surface area contributed by atoms with Gasteiger partial charge in [0.2, 0.25) is 10.0 Å². The number of nitrogens with zero attached hydrogens (tertiary/aromatic N) is 1. The van der Waals surface area contributed by atoms with Gasteiger partial charge in [0, 0.05) is 24.5 Å². The van der Waals surface area contributed by atoms with Crippen LogP contribution in [-0.4, -0.2) is 44.9 Å². The number of hydrogen-bond donors (Lipinski definition) is 1. The summed E-state index contributed by atoms with van der Waals surface area (Å²) in [4.78, 5) is 11.9. The lowest BCUT2D eigenvalue weighted by molar-refractivity contribution is 0.0606. The fourth-order valence-corrected chi connectivity index (χ4v) is 5.15. The number of esters is 1. The van der Waals surface area contributed by atoms with Crippen LogP contribution in [-0.2, 0) is 14.8 Å². The van der Waals surface area contributed by atoms with Crippen LogP contribution in [0.3, 0.4) is 0 Å². The van der Waals surface area contributed by atoms with E-state index < -0.39 is 16.0 Å². The van der Waals surface area contributed by atoms with Crippen LogP contribution in [0.25, 0.3) is 0 Å². The smallest absolute Gasteiger partial charge is 0.348 e. The monoisotopic (exact) mass is 368 g/mol. The molecule has 0 radical (unpaired) electrons. The molecule has 1 aliphatic rings. The lowest BCUT2D eigenvalue weighted by Gasteiger charge is -2.33. The highest BCUT2D eigenvalue weighted by atomic mass is 35.5. The number of carbonyl (C=O) groups excluding carboxylic acids is 1. The number of rotatable bonds is 4. The third-order valence-corrected chi connectivity index (χ3v) is 6.67. The molecule has 1 aromatic heterocycles. The number of ether oxygens (including phenoxy) is 1. The van der Waals surface area contributed by atoms with E-state index in [4.69, 9.17) is 5.73 Å². The summed E-state index contributed by atoms with van der Waals surface area (Å²) in [7, 11) is -2.30. The van der Waals surface area contributed by atoms with Crippen molar-refractivity contribution in [3.05, 3.63) is 16.3 Å². The molecule has 2 atom stereocenters. The van der Waals surface area contributed by atoms with E-state index in [-0.39, 0.29) is 34.1 Å². The Morgan fingerprint density at radius 1 is 1.55 bits per heavy atom. The van der Waals surface area contributed by atoms with Gasteiger partial charge in [-0.25, -0.2) is 13.2 Å². The van der Waals surface area contributed by atoms with E-state index in [1.54, 1.807) is 0 Å². The summed E-state index contributed by atoms with van der Waals surface area (Å²) in [6, 6.07) is 1.34. The molecule has 2 heterocycles. The molecule has 0 saturated carbocycles. The quantitative estimate of drug-likeness (QED) is 0.817. The van der Waals surface area contributed by atoms with Gasteiger partial charge >= 0.3 is 5.97 Å². The predicted molar refractivity (Wildman–Crippen MR) is 88.0 cm³/mol. The lowest BCUT2D eigenvalue weighted by atomic mass is 9.93. The first-order valence-electron chi connectivity index (χ1n) is 6.79. The van der Waals surface area contributed by atoms with E-state index in [9.17, 15) is 13.2 Å². The van der Waals surface area contributed by atoms with Gasteiger partial charge in [0.05, 0.1) is 12.0 Å². The number of thiophene rings is 1. The number of piperidine rings is 1. The van der Waals surface area contributed by atoms with E-state index in [0.29, 0.717) is 13.1 Å². The van der Waals surface area contributed by atoms with Crippen molar-refractivity contribution in [3.63, 3.8) is 0 Å². The molecular weight excluding hydrogens is 348 g/mol. The number of nitrogens with two attached hydrogens (primary N) is 1. The molecule has 2 unspecified atom stereocenters. The third kappa shape index (κ3) is 3.99. The van der Waals surface area contributed by atoms with Gasteiger partial charge in [0.1, 0.15) is 4.88 Å². The van der Waals surface area contributed by atoms with E-state index in [0.717, 1.165) is 24.2 Å². The minimum absolute atomic E-state index is 0. The van der Waals surface area contributed by atoms with Gasteiger partial charge in [0.25, 0.3) is 0 Å². The third-order valence-electron chi connectivity index (χ3n) is 3.76. The Hall–Kier alpha value is -0.670. The molecule has 2 N–H and O–H groups in total. The van der Waals surface area contributed by atoms with Crippen LogP contribution in [0, 0.1) is 5.92 Å². The van der Waals surface area contributed by atoms with Gasteiger partial charge < -0.3 is 10.5 Å². The Morgan fingerprint density at radius 2 is 2.23 bits per heavy atom. The molecule has 0 aromatic carbocycles. The van der Waals surface area contributed by atoms with E-state index in [1.165, 1.54) is 22.9 Å². The highest BCUT2D eigenvalue weighted by molar-refractivity contribution is 7.89. The maximum Gasteiger partial charge on any atom is 0.348 e. The minimum atomic E-state index is -3.57. The van der Waals surface area contributed by atoms with Crippen molar-refractivity contribution in [2.24, 2.45) is 11.7 Å². The lowest BCUT2D eigenvalue weighted by Crippen LogP contribution is -2.44. The summed E-state index contributed by atoms with van der Waals surface area (Å²) in [5.41, 5.74) is 5.89. The minimum Gasteiger partial charge on any atom is -0.465 e. The van der Waals surface area contributed by atoms with Crippen LogP contribution in [0.4, 0.5) is 0 Å². The number of sulfonamides is 1. The van der Waals surface area contributed by atoms with Gasteiger partial charge in [-0.1, -0.05) is 0 Å². The van der Waals surface area contributed by atoms with E-state index in [1.807, 2.05) is 6.92 Å². The van der Waals surface area contributed by atoms with E-state index >= 15 is 0 Å². The van der Waals surface area contributed by atoms with Crippen LogP contribution in [0.2, 0.25) is 0 Å². The number of hydrogen-bond acceptors (Lipinski definition) is 6. The summed E-state index contributed by atoms with van der Waals surface area (Å²) in [5.74, 6) is -0.346. The first kappa shape index (κ1) is 19.4. The zero-order valence-corrected chi connectivity index (χ0v) is 15.0. The first-order chi connectivity index (χ1) is 9.86. The number of methoxy groups -OCH3 is 1. The molecule has 9 heteroatoms. The Bertz CT molecular complexity index is 615. The Balaban J connectivity index is 0.00000242. The average molecular weight is 369 g/mol. The first-order valence-corrected chi connectivity index (χ1v) is 9.11. The van der Waals surface area contributed by atoms with Crippen molar-refractivity contribution >= 4 is 39.7 Å². The molecule has 22 heavy (non-hydrogen) atoms. The molecule has 2 rings (SSSR count). The van der Waals surface area contributed by atoms with Crippen LogP contribution in [0.5, 0.6) is 0 Å². The fraction of sp³-hybridized carbons (Fsp3) is 0.615. The standard InChI is InChI=1S/C13H20N2O4S2.ClH/c1-9(14)10-4-3-5-15(7-10)21(17,18)11-6-12(20-8-11)13(16)19-2;/h6,8-10H,3-5,7,14H2,1-2H3;1H. The SMILES string of the molecule is COC(=O)c1cc(S(=O)(=O)N2CCCC(C(C)N)C2)cs1.Cl. The van der Waals surface area contributed by atoms with Gasteiger partial charge in [0.15, 0.2) is 0 Å². The number of carbonyl (C=O) groups is 1. The molecule has 0 spiro atoms. The Kier molecular flexibility index (Phi) is 6.82. The number of halogens is 1. The van der Waals surface area contributed by atoms with Crippen molar-refractivity contribution in [2.75, 3.05) is 20.2 Å². The highest BCUT2D eigenvalue weighted by Gasteiger charge is 2.32. The van der Waals surface area contributed by atoms with Crippen LogP contribution in [0.15, 0.2) is 16.3 Å². The summed E-state index contributed by atoms with van der Waals surface area (Å²) in [5, 5.41) is 1.48. The van der Waals surface area contributed by atoms with Crippen molar-refractivity contribution in [2.45, 2.75) is 30.7 Å². The summed E-state index contributed by atoms with van der Waals surface area (Å²) >= 11 is 1.08. The average Bonchev–Trinajstić information content (AvgIpc) is 2.97. The molecule has 1 aliphatic heterocycles. The molecular formula is C13H21ClN2O4S2. The second kappa shape index (κ2) is 7.74. The molecule has 0 aliphatic carbocycles. The predicted octanol–water partition coefficient (Wildman–Crippen LogP) is 1.70. The molecule has 1 aromatic rings. The molecule has 1 saturated heterocycles. The Labute approximate surface area is 141 Å². The topological polar surface area (TPSA) is 89.7 Å². The van der Waals surface area contributed by atoms with Crippen LogP contribution >= 0.6 is 23.7 Å². The Morgan fingerprint density at radius 3 is 2.82 bits per heavy atom. The fourth-order valence-electron chi connectivity index (χ4n) is 2.43. The summed E-state index contributed by atoms with van der Waals surface area (Å²) < 4.78 is 31.3. The zero-order chi connectivity index (χ0) is 15.6. The van der Waals surface area contributed by atoms with Crippen LogP contribution < -0.4 is 5.73 Å². The highest BCUT2D eigenvalue weighted by Crippen LogP contribution is 2.27. The van der Waals surface area contributed by atoms with Crippen molar-refractivity contribution < 1.29 is 17.9 Å².